The second kappa shape index (κ2) is 6.74. The van der Waals surface area contributed by atoms with Gasteiger partial charge in [-0.25, -0.2) is 0 Å². The molecule has 0 aromatic rings. The zero-order valence-electron chi connectivity index (χ0n) is 15.5. The molecular formula is C17H34O3Si. The van der Waals surface area contributed by atoms with Gasteiger partial charge in [-0.1, -0.05) is 41.5 Å². The van der Waals surface area contributed by atoms with Gasteiger partial charge >= 0.3 is 0 Å². The van der Waals surface area contributed by atoms with Crippen molar-refractivity contribution >= 4 is 20.4 Å². The molecule has 0 N–H and O–H groups in total. The van der Waals surface area contributed by atoms with Crippen molar-refractivity contribution in [2.45, 2.75) is 79.6 Å². The van der Waals surface area contributed by atoms with E-state index in [1.165, 1.54) is 0 Å². The van der Waals surface area contributed by atoms with Crippen LogP contribution >= 0.6 is 0 Å². The lowest BCUT2D eigenvalue weighted by Crippen LogP contribution is -2.49. The molecule has 0 spiro atoms. The highest BCUT2D eigenvalue weighted by Gasteiger charge is 2.43. The highest BCUT2D eigenvalue weighted by atomic mass is 28.4. The highest BCUT2D eigenvalue weighted by molar-refractivity contribution is 6.74. The molecule has 0 bridgehead atoms. The standard InChI is InChI=1S/C17H34O3Si/c1-12(2)14(20-21(9,10)16(4,5)6)13(3)15(19)17(7,8)11-18/h11-14H,1-10H3/t13-,14+/m1/s1. The minimum absolute atomic E-state index is 0.0325. The van der Waals surface area contributed by atoms with E-state index in [1.54, 1.807) is 13.8 Å². The molecule has 0 saturated carbocycles. The van der Waals surface area contributed by atoms with Gasteiger partial charge in [0.2, 0.25) is 0 Å². The summed E-state index contributed by atoms with van der Waals surface area (Å²) in [4.78, 5) is 23.7. The second-order valence-electron chi connectivity index (χ2n) is 8.58. The predicted molar refractivity (Wildman–Crippen MR) is 90.9 cm³/mol. The Bertz CT molecular complexity index is 378. The monoisotopic (exact) mass is 314 g/mol. The van der Waals surface area contributed by atoms with Gasteiger partial charge in [0.1, 0.15) is 6.29 Å². The lowest BCUT2D eigenvalue weighted by molar-refractivity contribution is -0.138. The molecule has 124 valence electrons. The van der Waals surface area contributed by atoms with Gasteiger partial charge < -0.3 is 9.22 Å². The Hall–Kier alpha value is -0.483. The summed E-state index contributed by atoms with van der Waals surface area (Å²) in [6.45, 7) is 20.4. The molecule has 0 heterocycles. The Balaban J connectivity index is 5.36. The van der Waals surface area contributed by atoms with Crippen LogP contribution in [0.2, 0.25) is 18.1 Å². The molecule has 0 aliphatic rings. The maximum atomic E-state index is 12.6. The van der Waals surface area contributed by atoms with Gasteiger partial charge in [0.25, 0.3) is 0 Å². The number of Topliss-reactive ketones (excluding diaryl/α,β-unsaturated/α-hetero) is 1. The largest absolute Gasteiger partial charge is 0.413 e. The summed E-state index contributed by atoms with van der Waals surface area (Å²) < 4.78 is 6.49. The zero-order valence-corrected chi connectivity index (χ0v) is 16.5. The van der Waals surface area contributed by atoms with E-state index in [4.69, 9.17) is 4.43 Å². The lowest BCUT2D eigenvalue weighted by Gasteiger charge is -2.42. The van der Waals surface area contributed by atoms with Crippen LogP contribution in [-0.2, 0) is 14.0 Å². The normalized spacial score (nSPS) is 16.7. The lowest BCUT2D eigenvalue weighted by atomic mass is 9.79. The third kappa shape index (κ3) is 5.03. The molecular weight excluding hydrogens is 280 g/mol. The highest BCUT2D eigenvalue weighted by Crippen LogP contribution is 2.39. The Labute approximate surface area is 132 Å². The number of carbonyl (C=O) groups is 2. The van der Waals surface area contributed by atoms with E-state index in [2.05, 4.69) is 47.7 Å². The van der Waals surface area contributed by atoms with Gasteiger partial charge in [-0.3, -0.25) is 4.79 Å². The van der Waals surface area contributed by atoms with E-state index in [9.17, 15) is 9.59 Å². The van der Waals surface area contributed by atoms with E-state index < -0.39 is 13.7 Å². The summed E-state index contributed by atoms with van der Waals surface area (Å²) in [5.41, 5.74) is -0.941. The summed E-state index contributed by atoms with van der Waals surface area (Å²) in [5, 5.41) is 0.100. The van der Waals surface area contributed by atoms with Crippen molar-refractivity contribution in [1.82, 2.24) is 0 Å². The average molecular weight is 315 g/mol. The average Bonchev–Trinajstić information content (AvgIpc) is 2.32. The third-order valence-corrected chi connectivity index (χ3v) is 9.20. The molecule has 0 saturated heterocycles. The molecule has 0 unspecified atom stereocenters. The fraction of sp³-hybridized carbons (Fsp3) is 0.882. The molecule has 0 aliphatic carbocycles. The van der Waals surface area contributed by atoms with Crippen molar-refractivity contribution < 1.29 is 14.0 Å². The fourth-order valence-corrected chi connectivity index (χ4v) is 3.64. The van der Waals surface area contributed by atoms with Crippen molar-refractivity contribution in [2.24, 2.45) is 17.3 Å². The van der Waals surface area contributed by atoms with Gasteiger partial charge in [-0.05, 0) is 37.9 Å². The van der Waals surface area contributed by atoms with Gasteiger partial charge in [-0.2, -0.15) is 0 Å². The topological polar surface area (TPSA) is 43.4 Å². The van der Waals surface area contributed by atoms with E-state index in [0.29, 0.717) is 0 Å². The fourth-order valence-electron chi connectivity index (χ4n) is 2.13. The van der Waals surface area contributed by atoms with Gasteiger partial charge in [-0.15, -0.1) is 0 Å². The quantitative estimate of drug-likeness (QED) is 0.396. The van der Waals surface area contributed by atoms with E-state index in [0.717, 1.165) is 6.29 Å². The molecule has 0 radical (unpaired) electrons. The summed E-state index contributed by atoms with van der Waals surface area (Å²) in [5.74, 6) is -0.0743. The van der Waals surface area contributed by atoms with Gasteiger partial charge in [0.15, 0.2) is 14.1 Å². The van der Waals surface area contributed by atoms with Crippen LogP contribution in [0.25, 0.3) is 0 Å². The number of carbonyl (C=O) groups excluding carboxylic acids is 2. The van der Waals surface area contributed by atoms with Crippen molar-refractivity contribution in [3.8, 4) is 0 Å². The van der Waals surface area contributed by atoms with Crippen LogP contribution < -0.4 is 0 Å². The first kappa shape index (κ1) is 20.5. The summed E-state index contributed by atoms with van der Waals surface area (Å²) >= 11 is 0. The molecule has 0 aliphatic heterocycles. The molecule has 2 atom stereocenters. The Morgan fingerprint density at radius 3 is 1.76 bits per heavy atom. The second-order valence-corrected chi connectivity index (χ2v) is 13.3. The van der Waals surface area contributed by atoms with Crippen LogP contribution in [0.3, 0.4) is 0 Å². The molecule has 0 fully saturated rings. The number of ketones is 1. The van der Waals surface area contributed by atoms with Crippen LogP contribution in [0.5, 0.6) is 0 Å². The van der Waals surface area contributed by atoms with Gasteiger partial charge in [0.05, 0.1) is 11.5 Å². The number of hydrogen-bond acceptors (Lipinski definition) is 3. The van der Waals surface area contributed by atoms with E-state index >= 15 is 0 Å². The van der Waals surface area contributed by atoms with Crippen LogP contribution in [-0.4, -0.2) is 26.5 Å². The Morgan fingerprint density at radius 1 is 1.05 bits per heavy atom. The molecule has 4 heteroatoms. The maximum absolute atomic E-state index is 12.6. The van der Waals surface area contributed by atoms with Gasteiger partial charge in [0, 0.05) is 5.92 Å². The number of aldehydes is 1. The molecule has 3 nitrogen and oxygen atoms in total. The molecule has 0 aromatic carbocycles. The van der Waals surface area contributed by atoms with Crippen molar-refractivity contribution in [3.05, 3.63) is 0 Å². The van der Waals surface area contributed by atoms with Crippen LogP contribution in [0, 0.1) is 17.3 Å². The predicted octanol–water partition coefficient (Wildman–Crippen LogP) is 4.46. The van der Waals surface area contributed by atoms with Crippen LogP contribution in [0.15, 0.2) is 0 Å². The Morgan fingerprint density at radius 2 is 1.48 bits per heavy atom. The van der Waals surface area contributed by atoms with Crippen molar-refractivity contribution in [2.75, 3.05) is 0 Å². The molecule has 0 amide bonds. The minimum atomic E-state index is -1.95. The molecule has 21 heavy (non-hydrogen) atoms. The molecule has 0 rings (SSSR count). The minimum Gasteiger partial charge on any atom is -0.413 e. The maximum Gasteiger partial charge on any atom is 0.192 e. The first-order valence-electron chi connectivity index (χ1n) is 7.86. The van der Waals surface area contributed by atoms with E-state index in [-0.39, 0.29) is 28.8 Å². The SMILES string of the molecule is CC(C)[C@H](O[Si](C)(C)C(C)(C)C)[C@@H](C)C(=O)C(C)(C)C=O. The van der Waals surface area contributed by atoms with Crippen LogP contribution in [0.4, 0.5) is 0 Å². The number of hydrogen-bond donors (Lipinski definition) is 0. The number of rotatable bonds is 7. The van der Waals surface area contributed by atoms with E-state index in [1.807, 2.05) is 6.92 Å². The summed E-state index contributed by atoms with van der Waals surface area (Å²) in [6, 6.07) is 0. The van der Waals surface area contributed by atoms with Crippen LogP contribution in [0.1, 0.15) is 55.4 Å². The smallest absolute Gasteiger partial charge is 0.192 e. The molecule has 0 aromatic heterocycles. The van der Waals surface area contributed by atoms with Crippen molar-refractivity contribution in [3.63, 3.8) is 0 Å². The summed E-state index contributed by atoms with van der Waals surface area (Å²) in [7, 11) is -1.95. The Kier molecular flexibility index (Phi) is 6.58. The third-order valence-electron chi connectivity index (χ3n) is 4.73. The van der Waals surface area contributed by atoms with Crippen molar-refractivity contribution in [1.29, 1.82) is 0 Å². The first-order valence-corrected chi connectivity index (χ1v) is 10.8. The summed E-state index contributed by atoms with van der Waals surface area (Å²) in [6.07, 6.45) is 0.604. The zero-order chi connectivity index (χ0) is 17.2. The first-order chi connectivity index (χ1) is 9.17.